The van der Waals surface area contributed by atoms with Gasteiger partial charge in [-0.3, -0.25) is 4.90 Å². The van der Waals surface area contributed by atoms with Gasteiger partial charge in [0.15, 0.2) is 0 Å². The largest absolute Gasteiger partial charge is 0.383 e. The van der Waals surface area contributed by atoms with E-state index in [4.69, 9.17) is 0 Å². The standard InChI is InChI=1S/C15H24BrN3/c1-12-10-19(11-15(12)18(2)3)9-8-17-14-7-5-4-6-13(14)16/h4-7,12,15,17H,8-11H2,1-3H3. The van der Waals surface area contributed by atoms with Crippen molar-refractivity contribution in [2.24, 2.45) is 5.92 Å². The molecule has 0 aromatic heterocycles. The Kier molecular flexibility index (Phi) is 5.25. The summed E-state index contributed by atoms with van der Waals surface area (Å²) < 4.78 is 1.14. The Labute approximate surface area is 125 Å². The van der Waals surface area contributed by atoms with Crippen molar-refractivity contribution in [3.8, 4) is 0 Å². The summed E-state index contributed by atoms with van der Waals surface area (Å²) in [6.45, 7) is 6.85. The summed E-state index contributed by atoms with van der Waals surface area (Å²) in [4.78, 5) is 4.91. The summed E-state index contributed by atoms with van der Waals surface area (Å²) in [5.41, 5.74) is 1.18. The smallest absolute Gasteiger partial charge is 0.0485 e. The van der Waals surface area contributed by atoms with Crippen molar-refractivity contribution in [2.45, 2.75) is 13.0 Å². The zero-order chi connectivity index (χ0) is 13.8. The number of para-hydroxylation sites is 1. The predicted octanol–water partition coefficient (Wildman–Crippen LogP) is 2.74. The van der Waals surface area contributed by atoms with E-state index in [1.54, 1.807) is 0 Å². The number of halogens is 1. The number of likely N-dealkylation sites (N-methyl/N-ethyl adjacent to an activating group) is 1. The molecule has 0 saturated carbocycles. The Morgan fingerprint density at radius 3 is 2.68 bits per heavy atom. The van der Waals surface area contributed by atoms with Crippen LogP contribution in [0.4, 0.5) is 5.69 Å². The van der Waals surface area contributed by atoms with Crippen molar-refractivity contribution in [1.82, 2.24) is 9.80 Å². The van der Waals surface area contributed by atoms with Crippen molar-refractivity contribution < 1.29 is 0 Å². The molecule has 1 fully saturated rings. The van der Waals surface area contributed by atoms with Crippen LogP contribution in [0.15, 0.2) is 28.7 Å². The van der Waals surface area contributed by atoms with Crippen LogP contribution < -0.4 is 5.32 Å². The van der Waals surface area contributed by atoms with Gasteiger partial charge in [-0.2, -0.15) is 0 Å². The zero-order valence-electron chi connectivity index (χ0n) is 12.1. The number of likely N-dealkylation sites (tertiary alicyclic amines) is 1. The number of anilines is 1. The molecule has 1 saturated heterocycles. The molecule has 2 atom stereocenters. The first-order chi connectivity index (χ1) is 9.08. The monoisotopic (exact) mass is 325 g/mol. The highest BCUT2D eigenvalue weighted by Crippen LogP contribution is 2.22. The topological polar surface area (TPSA) is 18.5 Å². The molecule has 1 aromatic carbocycles. The number of nitrogens with zero attached hydrogens (tertiary/aromatic N) is 2. The molecule has 0 amide bonds. The normalized spacial score (nSPS) is 24.1. The van der Waals surface area contributed by atoms with Gasteiger partial charge in [-0.1, -0.05) is 19.1 Å². The highest BCUT2D eigenvalue weighted by Gasteiger charge is 2.30. The van der Waals surface area contributed by atoms with E-state index in [0.29, 0.717) is 6.04 Å². The summed E-state index contributed by atoms with van der Waals surface area (Å²) in [7, 11) is 4.37. The van der Waals surface area contributed by atoms with E-state index in [1.165, 1.54) is 18.8 Å². The summed E-state index contributed by atoms with van der Waals surface area (Å²) in [5.74, 6) is 0.762. The first-order valence-electron chi connectivity index (χ1n) is 6.95. The quantitative estimate of drug-likeness (QED) is 0.898. The fourth-order valence-corrected chi connectivity index (χ4v) is 3.28. The van der Waals surface area contributed by atoms with E-state index in [0.717, 1.165) is 23.5 Å². The van der Waals surface area contributed by atoms with Crippen LogP contribution in [-0.4, -0.2) is 56.1 Å². The molecule has 106 valence electrons. The fourth-order valence-electron chi connectivity index (χ4n) is 2.86. The Balaban J connectivity index is 1.77. The van der Waals surface area contributed by atoms with Crippen molar-refractivity contribution in [3.05, 3.63) is 28.7 Å². The highest BCUT2D eigenvalue weighted by atomic mass is 79.9. The van der Waals surface area contributed by atoms with Crippen LogP contribution in [0.2, 0.25) is 0 Å². The van der Waals surface area contributed by atoms with Crippen LogP contribution in [0.5, 0.6) is 0 Å². The summed E-state index contributed by atoms with van der Waals surface area (Å²) in [5, 5.41) is 3.50. The lowest BCUT2D eigenvalue weighted by Crippen LogP contribution is -2.35. The van der Waals surface area contributed by atoms with Gasteiger partial charge in [0.25, 0.3) is 0 Å². The Morgan fingerprint density at radius 1 is 1.32 bits per heavy atom. The first kappa shape index (κ1) is 14.8. The second-order valence-corrected chi connectivity index (χ2v) is 6.53. The van der Waals surface area contributed by atoms with Crippen molar-refractivity contribution in [1.29, 1.82) is 0 Å². The molecular weight excluding hydrogens is 302 g/mol. The molecule has 1 aromatic rings. The Bertz CT molecular complexity index is 408. The van der Waals surface area contributed by atoms with Crippen molar-refractivity contribution in [3.63, 3.8) is 0 Å². The molecule has 0 bridgehead atoms. The van der Waals surface area contributed by atoms with E-state index in [1.807, 2.05) is 6.07 Å². The SMILES string of the molecule is CC1CN(CCNc2ccccc2Br)CC1N(C)C. The average molecular weight is 326 g/mol. The highest BCUT2D eigenvalue weighted by molar-refractivity contribution is 9.10. The molecule has 1 N–H and O–H groups in total. The van der Waals surface area contributed by atoms with Gasteiger partial charge in [-0.05, 0) is 48.1 Å². The van der Waals surface area contributed by atoms with E-state index in [2.05, 4.69) is 70.3 Å². The van der Waals surface area contributed by atoms with Gasteiger partial charge in [-0.25, -0.2) is 0 Å². The van der Waals surface area contributed by atoms with E-state index in [-0.39, 0.29) is 0 Å². The second kappa shape index (κ2) is 6.73. The molecule has 4 heteroatoms. The van der Waals surface area contributed by atoms with Gasteiger partial charge >= 0.3 is 0 Å². The second-order valence-electron chi connectivity index (χ2n) is 5.67. The number of rotatable bonds is 5. The lowest BCUT2D eigenvalue weighted by atomic mass is 10.1. The number of nitrogens with one attached hydrogen (secondary N) is 1. The van der Waals surface area contributed by atoms with Gasteiger partial charge in [0.05, 0.1) is 0 Å². The minimum atomic E-state index is 0.698. The molecule has 1 aliphatic rings. The van der Waals surface area contributed by atoms with Crippen molar-refractivity contribution >= 4 is 21.6 Å². The molecule has 3 nitrogen and oxygen atoms in total. The molecule has 0 radical (unpaired) electrons. The fraction of sp³-hybridized carbons (Fsp3) is 0.600. The van der Waals surface area contributed by atoms with Gasteiger partial charge in [0.2, 0.25) is 0 Å². The minimum Gasteiger partial charge on any atom is -0.383 e. The molecule has 19 heavy (non-hydrogen) atoms. The third kappa shape index (κ3) is 3.94. The van der Waals surface area contributed by atoms with Gasteiger partial charge in [0.1, 0.15) is 0 Å². The van der Waals surface area contributed by atoms with Crippen LogP contribution in [-0.2, 0) is 0 Å². The average Bonchev–Trinajstić information content (AvgIpc) is 2.73. The predicted molar refractivity (Wildman–Crippen MR) is 85.7 cm³/mol. The molecule has 2 rings (SSSR count). The first-order valence-corrected chi connectivity index (χ1v) is 7.74. The van der Waals surface area contributed by atoms with Gasteiger partial charge < -0.3 is 10.2 Å². The Hall–Kier alpha value is -0.580. The van der Waals surface area contributed by atoms with Crippen molar-refractivity contribution in [2.75, 3.05) is 45.6 Å². The minimum absolute atomic E-state index is 0.698. The molecule has 1 aliphatic heterocycles. The molecule has 0 spiro atoms. The Morgan fingerprint density at radius 2 is 2.05 bits per heavy atom. The maximum absolute atomic E-state index is 3.57. The van der Waals surface area contributed by atoms with E-state index in [9.17, 15) is 0 Å². The van der Waals surface area contributed by atoms with E-state index >= 15 is 0 Å². The summed E-state index contributed by atoms with van der Waals surface area (Å²) >= 11 is 3.57. The maximum atomic E-state index is 3.57. The van der Waals surface area contributed by atoms with E-state index < -0.39 is 0 Å². The molecule has 2 unspecified atom stereocenters. The van der Waals surface area contributed by atoms with Gasteiger partial charge in [-0.15, -0.1) is 0 Å². The maximum Gasteiger partial charge on any atom is 0.0485 e. The number of hydrogen-bond donors (Lipinski definition) is 1. The van der Waals surface area contributed by atoms with Crippen LogP contribution in [0.3, 0.4) is 0 Å². The molecule has 0 aliphatic carbocycles. The molecular formula is C15H24BrN3. The summed E-state index contributed by atoms with van der Waals surface area (Å²) in [6.07, 6.45) is 0. The summed E-state index contributed by atoms with van der Waals surface area (Å²) in [6, 6.07) is 8.98. The van der Waals surface area contributed by atoms with Crippen LogP contribution >= 0.6 is 15.9 Å². The van der Waals surface area contributed by atoms with Gasteiger partial charge in [0, 0.05) is 42.4 Å². The number of benzene rings is 1. The van der Waals surface area contributed by atoms with Crippen LogP contribution in [0, 0.1) is 5.92 Å². The van der Waals surface area contributed by atoms with Crippen LogP contribution in [0.25, 0.3) is 0 Å². The third-order valence-electron chi connectivity index (χ3n) is 3.93. The lowest BCUT2D eigenvalue weighted by Gasteiger charge is -2.22. The number of hydrogen-bond acceptors (Lipinski definition) is 3. The zero-order valence-corrected chi connectivity index (χ0v) is 13.7. The third-order valence-corrected chi connectivity index (χ3v) is 4.62. The lowest BCUT2D eigenvalue weighted by molar-refractivity contribution is 0.254. The molecule has 1 heterocycles. The van der Waals surface area contributed by atoms with Crippen LogP contribution in [0.1, 0.15) is 6.92 Å².